The monoisotopic (exact) mass is 242 g/mol. The van der Waals surface area contributed by atoms with E-state index in [4.69, 9.17) is 8.85 Å². The molecule has 4 unspecified atom stereocenters. The van der Waals surface area contributed by atoms with Gasteiger partial charge in [0.15, 0.2) is 0 Å². The predicted octanol–water partition coefficient (Wildman–Crippen LogP) is 3.71. The normalized spacial score (nSPS) is 37.5. The Morgan fingerprint density at radius 2 is 1.56 bits per heavy atom. The minimum atomic E-state index is -1.88. The van der Waals surface area contributed by atoms with Crippen LogP contribution in [0, 0.1) is 11.8 Å². The van der Waals surface area contributed by atoms with Gasteiger partial charge in [-0.15, -0.1) is 0 Å². The lowest BCUT2D eigenvalue weighted by Crippen LogP contribution is -2.44. The van der Waals surface area contributed by atoms with Gasteiger partial charge in [0.1, 0.15) is 0 Å². The first-order valence-electron chi connectivity index (χ1n) is 6.97. The first-order valence-corrected chi connectivity index (χ1v) is 8.94. The van der Waals surface area contributed by atoms with Crippen molar-refractivity contribution >= 4 is 8.56 Å². The van der Waals surface area contributed by atoms with Crippen LogP contribution in [0.4, 0.5) is 0 Å². The van der Waals surface area contributed by atoms with E-state index in [9.17, 15) is 0 Å². The summed E-state index contributed by atoms with van der Waals surface area (Å²) in [6.45, 7) is 10.6. The smallest absolute Gasteiger partial charge is 0.345 e. The third-order valence-corrected chi connectivity index (χ3v) is 9.39. The Kier molecular flexibility index (Phi) is 3.77. The van der Waals surface area contributed by atoms with Crippen LogP contribution in [0.5, 0.6) is 0 Å². The standard InChI is InChI=1S/C13H26O2Si/c1-5-11-9-13(11)16(14-6-2,15-7-3)12-8-10(12)4/h10-13H,5-9H2,1-4H3. The van der Waals surface area contributed by atoms with E-state index in [1.54, 1.807) is 0 Å². The summed E-state index contributed by atoms with van der Waals surface area (Å²) in [5.41, 5.74) is 1.58. The molecule has 0 amide bonds. The van der Waals surface area contributed by atoms with Crippen molar-refractivity contribution in [3.63, 3.8) is 0 Å². The zero-order valence-corrected chi connectivity index (χ0v) is 12.2. The molecular formula is C13H26O2Si. The molecular weight excluding hydrogens is 216 g/mol. The SMILES string of the molecule is CCO[Si](OCC)(C1CC1C)C1CC1CC. The summed E-state index contributed by atoms with van der Waals surface area (Å²) in [5, 5.41) is 0. The lowest BCUT2D eigenvalue weighted by molar-refractivity contribution is 0.176. The van der Waals surface area contributed by atoms with Crippen LogP contribution >= 0.6 is 0 Å². The van der Waals surface area contributed by atoms with Gasteiger partial charge in [0, 0.05) is 24.3 Å². The van der Waals surface area contributed by atoms with Crippen molar-refractivity contribution in [2.75, 3.05) is 13.2 Å². The van der Waals surface area contributed by atoms with Gasteiger partial charge in [0.05, 0.1) is 0 Å². The van der Waals surface area contributed by atoms with Crippen LogP contribution in [0.2, 0.25) is 11.1 Å². The van der Waals surface area contributed by atoms with E-state index >= 15 is 0 Å². The highest BCUT2D eigenvalue weighted by Crippen LogP contribution is 2.65. The molecule has 0 aliphatic heterocycles. The maximum Gasteiger partial charge on any atom is 0.345 e. The molecule has 2 aliphatic carbocycles. The maximum absolute atomic E-state index is 6.24. The van der Waals surface area contributed by atoms with Gasteiger partial charge in [-0.3, -0.25) is 0 Å². The second-order valence-electron chi connectivity index (χ2n) is 5.42. The first kappa shape index (κ1) is 12.6. The molecule has 0 spiro atoms. The second kappa shape index (κ2) is 4.79. The van der Waals surface area contributed by atoms with Gasteiger partial charge in [-0.2, -0.15) is 0 Å². The molecule has 2 fully saturated rings. The number of hydrogen-bond acceptors (Lipinski definition) is 2. The van der Waals surface area contributed by atoms with Crippen molar-refractivity contribution in [2.45, 2.75) is 58.0 Å². The molecule has 0 aromatic heterocycles. The summed E-state index contributed by atoms with van der Waals surface area (Å²) in [4.78, 5) is 0. The lowest BCUT2D eigenvalue weighted by atomic mass is 10.3. The zero-order valence-electron chi connectivity index (χ0n) is 11.2. The van der Waals surface area contributed by atoms with E-state index in [-0.39, 0.29) is 0 Å². The molecule has 0 radical (unpaired) electrons. The average molecular weight is 242 g/mol. The van der Waals surface area contributed by atoms with Gasteiger partial charge in [-0.05, 0) is 38.5 Å². The van der Waals surface area contributed by atoms with Crippen molar-refractivity contribution < 1.29 is 8.85 Å². The fourth-order valence-corrected chi connectivity index (χ4v) is 8.68. The van der Waals surface area contributed by atoms with E-state index < -0.39 is 8.56 Å². The predicted molar refractivity (Wildman–Crippen MR) is 68.7 cm³/mol. The Morgan fingerprint density at radius 1 is 1.00 bits per heavy atom. The molecule has 3 heteroatoms. The van der Waals surface area contributed by atoms with Gasteiger partial charge in [0.2, 0.25) is 0 Å². The molecule has 0 bridgehead atoms. The van der Waals surface area contributed by atoms with Gasteiger partial charge >= 0.3 is 8.56 Å². The maximum atomic E-state index is 6.24. The minimum Gasteiger partial charge on any atom is -0.394 e. The molecule has 16 heavy (non-hydrogen) atoms. The largest absolute Gasteiger partial charge is 0.394 e. The van der Waals surface area contributed by atoms with E-state index in [2.05, 4.69) is 27.7 Å². The Labute approximate surface area is 101 Å². The van der Waals surface area contributed by atoms with E-state index in [1.165, 1.54) is 19.3 Å². The van der Waals surface area contributed by atoms with E-state index in [0.29, 0.717) is 0 Å². The van der Waals surface area contributed by atoms with Gasteiger partial charge in [-0.25, -0.2) is 0 Å². The molecule has 0 aromatic carbocycles. The van der Waals surface area contributed by atoms with Crippen LogP contribution in [0.15, 0.2) is 0 Å². The van der Waals surface area contributed by atoms with E-state index in [0.717, 1.165) is 36.1 Å². The van der Waals surface area contributed by atoms with Gasteiger partial charge in [0.25, 0.3) is 0 Å². The second-order valence-corrected chi connectivity index (χ2v) is 8.92. The molecule has 2 rings (SSSR count). The van der Waals surface area contributed by atoms with Crippen LogP contribution in [0.1, 0.15) is 47.0 Å². The Hall–Kier alpha value is 0.137. The highest BCUT2D eigenvalue weighted by molar-refractivity contribution is 6.72. The molecule has 4 atom stereocenters. The van der Waals surface area contributed by atoms with Crippen LogP contribution < -0.4 is 0 Å². The first-order chi connectivity index (χ1) is 7.69. The zero-order chi connectivity index (χ0) is 11.8. The molecule has 0 heterocycles. The lowest BCUT2D eigenvalue weighted by Gasteiger charge is -2.31. The summed E-state index contributed by atoms with van der Waals surface area (Å²) in [6, 6.07) is 0. The minimum absolute atomic E-state index is 0.786. The number of hydrogen-bond donors (Lipinski definition) is 0. The summed E-state index contributed by atoms with van der Waals surface area (Å²) in [7, 11) is -1.88. The molecule has 2 saturated carbocycles. The summed E-state index contributed by atoms with van der Waals surface area (Å²) < 4.78 is 12.5. The summed E-state index contributed by atoms with van der Waals surface area (Å²) in [6.07, 6.45) is 4.02. The van der Waals surface area contributed by atoms with Crippen LogP contribution in [-0.2, 0) is 8.85 Å². The fourth-order valence-electron chi connectivity index (χ4n) is 3.27. The van der Waals surface area contributed by atoms with Gasteiger partial charge in [-0.1, -0.05) is 20.3 Å². The topological polar surface area (TPSA) is 18.5 Å². The highest BCUT2D eigenvalue weighted by Gasteiger charge is 2.66. The molecule has 2 nitrogen and oxygen atoms in total. The van der Waals surface area contributed by atoms with Crippen molar-refractivity contribution in [3.05, 3.63) is 0 Å². The Bertz CT molecular complexity index is 238. The Balaban J connectivity index is 2.09. The van der Waals surface area contributed by atoms with Crippen molar-refractivity contribution in [3.8, 4) is 0 Å². The number of rotatable bonds is 7. The van der Waals surface area contributed by atoms with Crippen LogP contribution in [0.25, 0.3) is 0 Å². The third-order valence-electron chi connectivity index (χ3n) is 4.33. The fraction of sp³-hybridized carbons (Fsp3) is 1.00. The third kappa shape index (κ3) is 2.09. The quantitative estimate of drug-likeness (QED) is 0.634. The van der Waals surface area contributed by atoms with E-state index in [1.807, 2.05) is 0 Å². The van der Waals surface area contributed by atoms with Crippen molar-refractivity contribution in [2.24, 2.45) is 11.8 Å². The molecule has 0 saturated heterocycles. The molecule has 0 N–H and O–H groups in total. The summed E-state index contributed by atoms with van der Waals surface area (Å²) in [5.74, 6) is 1.75. The molecule has 2 aliphatic rings. The molecule has 94 valence electrons. The van der Waals surface area contributed by atoms with Crippen LogP contribution in [-0.4, -0.2) is 21.8 Å². The highest BCUT2D eigenvalue weighted by atomic mass is 28.4. The Morgan fingerprint density at radius 3 is 1.88 bits per heavy atom. The van der Waals surface area contributed by atoms with Gasteiger partial charge < -0.3 is 8.85 Å². The summed E-state index contributed by atoms with van der Waals surface area (Å²) >= 11 is 0. The molecule has 0 aromatic rings. The average Bonchev–Trinajstić information content (AvgIpc) is 3.12. The van der Waals surface area contributed by atoms with Crippen molar-refractivity contribution in [1.29, 1.82) is 0 Å². The van der Waals surface area contributed by atoms with Crippen LogP contribution in [0.3, 0.4) is 0 Å². The van der Waals surface area contributed by atoms with Crippen molar-refractivity contribution in [1.82, 2.24) is 0 Å².